The second kappa shape index (κ2) is 5.45. The van der Waals surface area contributed by atoms with Crippen molar-refractivity contribution >= 4 is 11.9 Å². The van der Waals surface area contributed by atoms with E-state index in [9.17, 15) is 0 Å². The lowest BCUT2D eigenvalue weighted by atomic mass is 10.1. The summed E-state index contributed by atoms with van der Waals surface area (Å²) in [6.07, 6.45) is 0. The van der Waals surface area contributed by atoms with Crippen LogP contribution >= 0.6 is 0 Å². The van der Waals surface area contributed by atoms with Gasteiger partial charge in [-0.15, -0.1) is 0 Å². The molecule has 1 aliphatic heterocycles. The third kappa shape index (κ3) is 2.85. The number of nitrogens with zero attached hydrogens (tertiary/aromatic N) is 5. The zero-order valence-corrected chi connectivity index (χ0v) is 11.2. The van der Waals surface area contributed by atoms with Gasteiger partial charge < -0.3 is 16.0 Å². The van der Waals surface area contributed by atoms with Gasteiger partial charge in [0.05, 0.1) is 6.54 Å². The predicted octanol–water partition coefficient (Wildman–Crippen LogP) is -0.686. The lowest BCUT2D eigenvalue weighted by Gasteiger charge is -2.37. The zero-order chi connectivity index (χ0) is 13.1. The molecule has 100 valence electrons. The largest absolute Gasteiger partial charge is 0.368 e. The first-order chi connectivity index (χ1) is 8.60. The normalized spacial score (nSPS) is 15.8. The summed E-state index contributed by atoms with van der Waals surface area (Å²) in [5.74, 6) is 1.63. The van der Waals surface area contributed by atoms with Crippen molar-refractivity contribution in [2.75, 3.05) is 44.4 Å². The van der Waals surface area contributed by atoms with Crippen LogP contribution in [0.25, 0.3) is 0 Å². The van der Waals surface area contributed by atoms with Gasteiger partial charge in [-0.25, -0.2) is 0 Å². The van der Waals surface area contributed by atoms with Crippen LogP contribution in [0.5, 0.6) is 0 Å². The molecule has 0 radical (unpaired) electrons. The first-order valence-electron chi connectivity index (χ1n) is 6.22. The van der Waals surface area contributed by atoms with Crippen LogP contribution in [0, 0.1) is 0 Å². The molecular formula is C11H21N7. The maximum Gasteiger partial charge on any atom is 0.229 e. The lowest BCUT2D eigenvalue weighted by Crippen LogP contribution is -2.56. The zero-order valence-electron chi connectivity index (χ0n) is 11.2. The van der Waals surface area contributed by atoms with E-state index < -0.39 is 0 Å². The van der Waals surface area contributed by atoms with Crippen LogP contribution in [0.15, 0.2) is 0 Å². The molecule has 0 atom stereocenters. The molecule has 0 spiro atoms. The highest BCUT2D eigenvalue weighted by atomic mass is 15.3. The topological polar surface area (TPSA) is 83.2 Å². The third-order valence-corrected chi connectivity index (χ3v) is 3.11. The highest BCUT2D eigenvalue weighted by Gasteiger charge is 2.24. The molecule has 2 rings (SSSR count). The van der Waals surface area contributed by atoms with Gasteiger partial charge in [0.1, 0.15) is 5.82 Å². The third-order valence-electron chi connectivity index (χ3n) is 3.11. The summed E-state index contributed by atoms with van der Waals surface area (Å²) in [5, 5.41) is 3.28. The van der Waals surface area contributed by atoms with Gasteiger partial charge in [0.15, 0.2) is 0 Å². The van der Waals surface area contributed by atoms with Crippen molar-refractivity contribution in [1.82, 2.24) is 25.2 Å². The first kappa shape index (κ1) is 13.0. The second-order valence-corrected chi connectivity index (χ2v) is 4.68. The molecule has 0 amide bonds. The molecule has 1 aromatic heterocycles. The van der Waals surface area contributed by atoms with Gasteiger partial charge in [-0.05, 0) is 6.54 Å². The van der Waals surface area contributed by atoms with E-state index in [0.717, 1.165) is 32.0 Å². The number of hydrogen-bond donors (Lipinski definition) is 2. The molecule has 0 saturated carbocycles. The standard InChI is InChI=1S/C11H21N7/c1-4-18(8-5-13-6-8)7-9-14-10(12)16-11(15-9)17(2)3/h8,13H,4-7H2,1-3H3,(H2,12,14,15,16). The van der Waals surface area contributed by atoms with E-state index in [1.165, 1.54) is 0 Å². The molecule has 7 heteroatoms. The average Bonchev–Trinajstić information content (AvgIpc) is 2.24. The molecule has 7 nitrogen and oxygen atoms in total. The van der Waals surface area contributed by atoms with Crippen LogP contribution in [0.1, 0.15) is 12.7 Å². The Labute approximate surface area is 107 Å². The van der Waals surface area contributed by atoms with Crippen LogP contribution < -0.4 is 16.0 Å². The quantitative estimate of drug-likeness (QED) is 0.717. The molecule has 0 unspecified atom stereocenters. The molecule has 2 heterocycles. The second-order valence-electron chi connectivity index (χ2n) is 4.68. The minimum absolute atomic E-state index is 0.284. The highest BCUT2D eigenvalue weighted by Crippen LogP contribution is 2.11. The van der Waals surface area contributed by atoms with Crippen molar-refractivity contribution in [3.05, 3.63) is 5.82 Å². The Bertz CT molecular complexity index is 402. The average molecular weight is 251 g/mol. The van der Waals surface area contributed by atoms with E-state index in [0.29, 0.717) is 12.0 Å². The molecule has 3 N–H and O–H groups in total. The van der Waals surface area contributed by atoms with Crippen molar-refractivity contribution in [3.63, 3.8) is 0 Å². The van der Waals surface area contributed by atoms with Gasteiger partial charge >= 0.3 is 0 Å². The molecule has 1 fully saturated rings. The van der Waals surface area contributed by atoms with Crippen molar-refractivity contribution in [2.24, 2.45) is 0 Å². The molecule has 1 aliphatic rings. The summed E-state index contributed by atoms with van der Waals surface area (Å²) >= 11 is 0. The smallest absolute Gasteiger partial charge is 0.229 e. The molecule has 0 aliphatic carbocycles. The monoisotopic (exact) mass is 251 g/mol. The van der Waals surface area contributed by atoms with E-state index in [1.54, 1.807) is 0 Å². The van der Waals surface area contributed by atoms with Gasteiger partial charge in [0.2, 0.25) is 11.9 Å². The minimum atomic E-state index is 0.284. The number of nitrogens with one attached hydrogen (secondary N) is 1. The molecule has 1 aromatic rings. The van der Waals surface area contributed by atoms with E-state index in [2.05, 4.69) is 32.1 Å². The fourth-order valence-electron chi connectivity index (χ4n) is 1.91. The number of anilines is 2. The van der Waals surface area contributed by atoms with Gasteiger partial charge in [-0.2, -0.15) is 15.0 Å². The number of hydrogen-bond acceptors (Lipinski definition) is 7. The van der Waals surface area contributed by atoms with Crippen LogP contribution in [-0.2, 0) is 6.54 Å². The SMILES string of the molecule is CCN(Cc1nc(N)nc(N(C)C)n1)C1CNC1. The van der Waals surface area contributed by atoms with Crippen LogP contribution in [-0.4, -0.2) is 59.6 Å². The number of aromatic nitrogens is 3. The van der Waals surface area contributed by atoms with E-state index in [-0.39, 0.29) is 5.95 Å². The highest BCUT2D eigenvalue weighted by molar-refractivity contribution is 5.32. The summed E-state index contributed by atoms with van der Waals surface area (Å²) in [6.45, 7) is 5.92. The van der Waals surface area contributed by atoms with E-state index in [4.69, 9.17) is 5.73 Å². The maximum atomic E-state index is 5.72. The fraction of sp³-hybridized carbons (Fsp3) is 0.727. The lowest BCUT2D eigenvalue weighted by molar-refractivity contribution is 0.142. The summed E-state index contributed by atoms with van der Waals surface area (Å²) in [7, 11) is 3.79. The van der Waals surface area contributed by atoms with Gasteiger partial charge in [0.25, 0.3) is 0 Å². The Balaban J connectivity index is 2.11. The number of rotatable bonds is 5. The Kier molecular flexibility index (Phi) is 3.93. The van der Waals surface area contributed by atoms with Gasteiger partial charge in [0, 0.05) is 33.2 Å². The van der Waals surface area contributed by atoms with Crippen molar-refractivity contribution in [2.45, 2.75) is 19.5 Å². The molecule has 0 aromatic carbocycles. The summed E-state index contributed by atoms with van der Waals surface area (Å²) < 4.78 is 0. The predicted molar refractivity (Wildman–Crippen MR) is 71.3 cm³/mol. The van der Waals surface area contributed by atoms with Crippen molar-refractivity contribution in [3.8, 4) is 0 Å². The molecule has 0 bridgehead atoms. The number of nitrogens with two attached hydrogens (primary N) is 1. The molecule has 1 saturated heterocycles. The van der Waals surface area contributed by atoms with Crippen LogP contribution in [0.3, 0.4) is 0 Å². The first-order valence-corrected chi connectivity index (χ1v) is 6.22. The van der Waals surface area contributed by atoms with E-state index in [1.807, 2.05) is 19.0 Å². The van der Waals surface area contributed by atoms with Crippen molar-refractivity contribution in [1.29, 1.82) is 0 Å². The minimum Gasteiger partial charge on any atom is -0.368 e. The Morgan fingerprint density at radius 3 is 2.50 bits per heavy atom. The van der Waals surface area contributed by atoms with Crippen molar-refractivity contribution < 1.29 is 0 Å². The summed E-state index contributed by atoms with van der Waals surface area (Å²) in [5.41, 5.74) is 5.72. The summed E-state index contributed by atoms with van der Waals surface area (Å²) in [6, 6.07) is 0.579. The Morgan fingerprint density at radius 2 is 2.00 bits per heavy atom. The van der Waals surface area contributed by atoms with Crippen LogP contribution in [0.4, 0.5) is 11.9 Å². The number of nitrogen functional groups attached to an aromatic ring is 1. The van der Waals surface area contributed by atoms with Crippen LogP contribution in [0.2, 0.25) is 0 Å². The maximum absolute atomic E-state index is 5.72. The molecular weight excluding hydrogens is 230 g/mol. The van der Waals surface area contributed by atoms with Gasteiger partial charge in [-0.1, -0.05) is 6.92 Å². The Hall–Kier alpha value is -1.47. The molecule has 18 heavy (non-hydrogen) atoms. The van der Waals surface area contributed by atoms with E-state index >= 15 is 0 Å². The number of likely N-dealkylation sites (N-methyl/N-ethyl adjacent to an activating group) is 1. The Morgan fingerprint density at radius 1 is 1.28 bits per heavy atom. The fourth-order valence-corrected chi connectivity index (χ4v) is 1.91. The summed E-state index contributed by atoms with van der Waals surface area (Å²) in [4.78, 5) is 16.9. The van der Waals surface area contributed by atoms with Gasteiger partial charge in [-0.3, -0.25) is 4.90 Å².